The van der Waals surface area contributed by atoms with E-state index < -0.39 is 15.6 Å². The van der Waals surface area contributed by atoms with Crippen LogP contribution in [0.3, 0.4) is 0 Å². The van der Waals surface area contributed by atoms with Crippen LogP contribution in [0.2, 0.25) is 0 Å². The summed E-state index contributed by atoms with van der Waals surface area (Å²) in [5.41, 5.74) is 3.07. The van der Waals surface area contributed by atoms with Crippen LogP contribution in [0.1, 0.15) is 91.7 Å². The summed E-state index contributed by atoms with van der Waals surface area (Å²) in [5.74, 6) is 0.736. The fourth-order valence-corrected chi connectivity index (χ4v) is 7.46. The monoisotopic (exact) mass is 535 g/mol. The molecule has 0 bridgehead atoms. The van der Waals surface area contributed by atoms with E-state index in [2.05, 4.69) is 6.07 Å². The molecule has 0 radical (unpaired) electrons. The Morgan fingerprint density at radius 1 is 1.05 bits per heavy atom. The number of sulfonamides is 1. The van der Waals surface area contributed by atoms with Crippen molar-refractivity contribution in [2.75, 3.05) is 6.54 Å². The minimum atomic E-state index is -3.64. The molecular formula is C31H37NO5S. The summed E-state index contributed by atoms with van der Waals surface area (Å²) >= 11 is 0. The minimum absolute atomic E-state index is 0.0481. The first kappa shape index (κ1) is 26.7. The van der Waals surface area contributed by atoms with Gasteiger partial charge in [0.05, 0.1) is 10.5 Å². The van der Waals surface area contributed by atoms with Crippen LogP contribution < -0.4 is 5.63 Å². The van der Waals surface area contributed by atoms with Crippen molar-refractivity contribution in [3.8, 4) is 5.75 Å². The smallest absolute Gasteiger partial charge is 0.343 e. The number of benzene rings is 2. The first-order chi connectivity index (χ1) is 18.3. The van der Waals surface area contributed by atoms with Crippen molar-refractivity contribution >= 4 is 10.0 Å². The number of aromatic hydroxyl groups is 1. The maximum absolute atomic E-state index is 13.5. The van der Waals surface area contributed by atoms with E-state index in [0.717, 1.165) is 43.2 Å². The Kier molecular flexibility index (Phi) is 7.78. The van der Waals surface area contributed by atoms with Crippen molar-refractivity contribution in [3.63, 3.8) is 0 Å². The van der Waals surface area contributed by atoms with Gasteiger partial charge in [-0.2, -0.15) is 4.31 Å². The highest BCUT2D eigenvalue weighted by atomic mass is 32.2. The highest BCUT2D eigenvalue weighted by Gasteiger charge is 2.35. The third-order valence-electron chi connectivity index (χ3n) is 8.14. The molecule has 2 aliphatic rings. The minimum Gasteiger partial charge on any atom is -0.507 e. The Morgan fingerprint density at radius 3 is 2.47 bits per heavy atom. The topological polar surface area (TPSA) is 87.8 Å². The first-order valence-corrected chi connectivity index (χ1v) is 15.2. The molecule has 1 N–H and O–H groups in total. The summed E-state index contributed by atoms with van der Waals surface area (Å²) in [6.45, 7) is 4.42. The molecular weight excluding hydrogens is 498 g/mol. The molecule has 1 aromatic heterocycles. The lowest BCUT2D eigenvalue weighted by Gasteiger charge is -2.36. The fourth-order valence-electron chi connectivity index (χ4n) is 5.75. The number of hydrogen-bond donors (Lipinski definition) is 1. The lowest BCUT2D eigenvalue weighted by molar-refractivity contribution is 0.220. The molecule has 202 valence electrons. The van der Waals surface area contributed by atoms with Crippen molar-refractivity contribution in [3.05, 3.63) is 93.0 Å². The maximum Gasteiger partial charge on any atom is 0.343 e. The van der Waals surface area contributed by atoms with E-state index in [1.807, 2.05) is 44.2 Å². The van der Waals surface area contributed by atoms with Gasteiger partial charge in [-0.15, -0.1) is 0 Å². The Labute approximate surface area is 225 Å². The highest BCUT2D eigenvalue weighted by molar-refractivity contribution is 7.89. The lowest BCUT2D eigenvalue weighted by atomic mass is 9.90. The van der Waals surface area contributed by atoms with Crippen molar-refractivity contribution in [2.24, 2.45) is 0 Å². The third-order valence-corrected chi connectivity index (χ3v) is 10.1. The van der Waals surface area contributed by atoms with Crippen LogP contribution in [0.15, 0.2) is 68.7 Å². The molecule has 5 rings (SSSR count). The normalized spacial score (nSPS) is 19.4. The lowest BCUT2D eigenvalue weighted by Crippen LogP contribution is -2.44. The van der Waals surface area contributed by atoms with Crippen LogP contribution in [-0.4, -0.2) is 30.4 Å². The van der Waals surface area contributed by atoms with Gasteiger partial charge in [0.25, 0.3) is 0 Å². The van der Waals surface area contributed by atoms with Gasteiger partial charge in [-0.1, -0.05) is 55.3 Å². The van der Waals surface area contributed by atoms with Crippen molar-refractivity contribution in [1.82, 2.24) is 4.31 Å². The van der Waals surface area contributed by atoms with Gasteiger partial charge >= 0.3 is 5.63 Å². The third kappa shape index (κ3) is 5.59. The van der Waals surface area contributed by atoms with Gasteiger partial charge in [0.1, 0.15) is 11.5 Å². The zero-order valence-corrected chi connectivity index (χ0v) is 23.0. The van der Waals surface area contributed by atoms with Gasteiger partial charge in [0.15, 0.2) is 0 Å². The van der Waals surface area contributed by atoms with Gasteiger partial charge in [-0.25, -0.2) is 13.2 Å². The van der Waals surface area contributed by atoms with E-state index in [9.17, 15) is 18.3 Å². The molecule has 3 aromatic rings. The molecule has 2 atom stereocenters. The second-order valence-electron chi connectivity index (χ2n) is 10.9. The zero-order valence-electron chi connectivity index (χ0n) is 22.2. The van der Waals surface area contributed by atoms with E-state index >= 15 is 0 Å². The Hall–Kier alpha value is -2.90. The number of rotatable bonds is 9. The molecule has 0 spiro atoms. The number of hydrogen-bond acceptors (Lipinski definition) is 5. The Balaban J connectivity index is 1.38. The molecule has 2 unspecified atom stereocenters. The first-order valence-electron chi connectivity index (χ1n) is 13.8. The SMILES string of the molecule is CCC(CC1CCCCN1S(=O)(=O)c1ccc(C)cc1)c1cc(O)c(Cc2ccccc2C2CC2)c(=O)o1. The summed E-state index contributed by atoms with van der Waals surface area (Å²) < 4.78 is 34.5. The summed E-state index contributed by atoms with van der Waals surface area (Å²) in [6.07, 6.45) is 6.39. The molecule has 2 aromatic carbocycles. The number of nitrogens with zero attached hydrogens (tertiary/aromatic N) is 1. The van der Waals surface area contributed by atoms with E-state index in [0.29, 0.717) is 42.4 Å². The Bertz CT molecular complexity index is 1440. The predicted octanol–water partition coefficient (Wildman–Crippen LogP) is 6.25. The van der Waals surface area contributed by atoms with Crippen LogP contribution in [0, 0.1) is 6.92 Å². The summed E-state index contributed by atoms with van der Waals surface area (Å²) in [6, 6.07) is 16.5. The van der Waals surface area contributed by atoms with E-state index in [1.165, 1.54) is 5.56 Å². The molecule has 1 saturated heterocycles. The van der Waals surface area contributed by atoms with E-state index in [-0.39, 0.29) is 23.3 Å². The van der Waals surface area contributed by atoms with Gasteiger partial charge in [0.2, 0.25) is 10.0 Å². The quantitative estimate of drug-likeness (QED) is 0.350. The summed E-state index contributed by atoms with van der Waals surface area (Å²) in [7, 11) is -3.64. The molecule has 0 amide bonds. The fraction of sp³-hybridized carbons (Fsp3) is 0.452. The van der Waals surface area contributed by atoms with Gasteiger partial charge in [-0.05, 0) is 74.6 Å². The van der Waals surface area contributed by atoms with Crippen LogP contribution in [0.25, 0.3) is 0 Å². The second-order valence-corrected chi connectivity index (χ2v) is 12.8. The van der Waals surface area contributed by atoms with Gasteiger partial charge in [-0.3, -0.25) is 0 Å². The molecule has 7 heteroatoms. The number of piperidine rings is 1. The zero-order chi connectivity index (χ0) is 26.9. The van der Waals surface area contributed by atoms with Gasteiger partial charge in [0, 0.05) is 31.0 Å². The van der Waals surface area contributed by atoms with Crippen LogP contribution in [0.4, 0.5) is 0 Å². The van der Waals surface area contributed by atoms with Gasteiger partial charge < -0.3 is 9.52 Å². The van der Waals surface area contributed by atoms with E-state index in [4.69, 9.17) is 4.42 Å². The second kappa shape index (κ2) is 11.1. The van der Waals surface area contributed by atoms with Crippen molar-refractivity contribution in [1.29, 1.82) is 0 Å². The molecule has 2 fully saturated rings. The van der Waals surface area contributed by atoms with Crippen LogP contribution >= 0.6 is 0 Å². The molecule has 1 aliphatic heterocycles. The standard InChI is InChI=1S/C31H37NO5S/c1-3-22(18-25-9-6-7-17-32(25)38(35,36)26-15-11-21(2)12-16-26)30-20-29(33)28(31(34)37-30)19-24-8-4-5-10-27(24)23-13-14-23/h4-5,8,10-12,15-16,20,22-23,25,33H,3,6-7,9,13-14,17-19H2,1-2H3. The van der Waals surface area contributed by atoms with Crippen LogP contribution in [-0.2, 0) is 16.4 Å². The average Bonchev–Trinajstić information content (AvgIpc) is 3.75. The summed E-state index contributed by atoms with van der Waals surface area (Å²) in [5, 5.41) is 10.9. The average molecular weight is 536 g/mol. The molecule has 1 saturated carbocycles. The van der Waals surface area contributed by atoms with Crippen LogP contribution in [0.5, 0.6) is 5.75 Å². The molecule has 38 heavy (non-hydrogen) atoms. The Morgan fingerprint density at radius 2 is 1.79 bits per heavy atom. The largest absolute Gasteiger partial charge is 0.507 e. The van der Waals surface area contributed by atoms with E-state index in [1.54, 1.807) is 22.5 Å². The molecule has 6 nitrogen and oxygen atoms in total. The van der Waals surface area contributed by atoms with Crippen molar-refractivity contribution in [2.45, 2.75) is 88.0 Å². The molecule has 2 heterocycles. The number of aryl methyl sites for hydroxylation is 1. The predicted molar refractivity (Wildman–Crippen MR) is 148 cm³/mol. The highest BCUT2D eigenvalue weighted by Crippen LogP contribution is 2.42. The van der Waals surface area contributed by atoms with Crippen molar-refractivity contribution < 1.29 is 17.9 Å². The molecule has 1 aliphatic carbocycles. The maximum atomic E-state index is 13.5. The summed E-state index contributed by atoms with van der Waals surface area (Å²) in [4.78, 5) is 13.4.